The zero-order valence-electron chi connectivity index (χ0n) is 11.3. The van der Waals surface area contributed by atoms with Crippen molar-refractivity contribution in [2.75, 3.05) is 11.9 Å². The van der Waals surface area contributed by atoms with Gasteiger partial charge in [0.05, 0.1) is 5.92 Å². The lowest BCUT2D eigenvalue weighted by Crippen LogP contribution is -2.11. The highest BCUT2D eigenvalue weighted by molar-refractivity contribution is 6.03. The largest absolute Gasteiger partial charge is 0.330 e. The smallest absolute Gasteiger partial charge is 0.232 e. The number of anilines is 1. The highest BCUT2D eigenvalue weighted by Gasteiger charge is 2.30. The highest BCUT2D eigenvalue weighted by Crippen LogP contribution is 2.38. The molecule has 1 aromatic rings. The van der Waals surface area contributed by atoms with Crippen LogP contribution in [0.2, 0.25) is 0 Å². The third-order valence-electron chi connectivity index (χ3n) is 3.72. The van der Waals surface area contributed by atoms with Crippen LogP contribution in [0, 0.1) is 0 Å². The van der Waals surface area contributed by atoms with E-state index in [-0.39, 0.29) is 11.8 Å². The summed E-state index contributed by atoms with van der Waals surface area (Å²) in [7, 11) is 0. The van der Waals surface area contributed by atoms with E-state index in [2.05, 4.69) is 31.3 Å². The molecule has 1 aromatic carbocycles. The Kier molecular flexibility index (Phi) is 4.02. The molecule has 2 rings (SSSR count). The van der Waals surface area contributed by atoms with Gasteiger partial charge in [-0.1, -0.05) is 26.0 Å². The molecule has 3 heteroatoms. The summed E-state index contributed by atoms with van der Waals surface area (Å²) in [6, 6.07) is 4.40. The zero-order valence-corrected chi connectivity index (χ0v) is 11.3. The Morgan fingerprint density at radius 3 is 2.72 bits per heavy atom. The molecule has 0 fully saturated rings. The van der Waals surface area contributed by atoms with Crippen molar-refractivity contribution in [3.05, 3.63) is 28.8 Å². The Bertz CT molecular complexity index is 454. The van der Waals surface area contributed by atoms with Crippen LogP contribution in [0.5, 0.6) is 0 Å². The number of nitrogens with two attached hydrogens (primary N) is 1. The van der Waals surface area contributed by atoms with Crippen molar-refractivity contribution in [2.24, 2.45) is 5.73 Å². The van der Waals surface area contributed by atoms with Crippen LogP contribution in [-0.2, 0) is 17.6 Å². The lowest BCUT2D eigenvalue weighted by Gasteiger charge is -2.12. The molecule has 0 saturated heterocycles. The summed E-state index contributed by atoms with van der Waals surface area (Å²) in [5, 5.41) is 3.05. The van der Waals surface area contributed by atoms with Gasteiger partial charge < -0.3 is 11.1 Å². The number of benzene rings is 1. The first-order valence-electron chi connectivity index (χ1n) is 6.87. The maximum Gasteiger partial charge on any atom is 0.232 e. The Morgan fingerprint density at radius 1 is 1.33 bits per heavy atom. The molecule has 1 aliphatic rings. The normalized spacial score (nSPS) is 17.7. The SMILES string of the molecule is CCc1cc(CCCN)c2c(c1)C(CC)C(=O)N2. The molecule has 0 aliphatic carbocycles. The highest BCUT2D eigenvalue weighted by atomic mass is 16.2. The van der Waals surface area contributed by atoms with E-state index < -0.39 is 0 Å². The van der Waals surface area contributed by atoms with Gasteiger partial charge in [-0.15, -0.1) is 0 Å². The second-order valence-corrected chi connectivity index (χ2v) is 4.92. The van der Waals surface area contributed by atoms with Crippen molar-refractivity contribution >= 4 is 11.6 Å². The van der Waals surface area contributed by atoms with E-state index >= 15 is 0 Å². The summed E-state index contributed by atoms with van der Waals surface area (Å²) in [4.78, 5) is 12.0. The summed E-state index contributed by atoms with van der Waals surface area (Å²) in [6.45, 7) is 4.91. The molecule has 18 heavy (non-hydrogen) atoms. The number of hydrogen-bond donors (Lipinski definition) is 2. The van der Waals surface area contributed by atoms with Crippen LogP contribution < -0.4 is 11.1 Å². The average Bonchev–Trinajstić information content (AvgIpc) is 2.71. The summed E-state index contributed by atoms with van der Waals surface area (Å²) in [5.74, 6) is 0.179. The molecule has 0 aromatic heterocycles. The van der Waals surface area contributed by atoms with Crippen molar-refractivity contribution in [2.45, 2.75) is 45.4 Å². The first-order valence-corrected chi connectivity index (χ1v) is 6.87. The van der Waals surface area contributed by atoms with E-state index in [1.54, 1.807) is 0 Å². The van der Waals surface area contributed by atoms with Crippen molar-refractivity contribution < 1.29 is 4.79 Å². The van der Waals surface area contributed by atoms with E-state index in [0.717, 1.165) is 31.4 Å². The predicted molar refractivity (Wildman–Crippen MR) is 74.9 cm³/mol. The molecule has 3 N–H and O–H groups in total. The Labute approximate surface area is 109 Å². The number of amides is 1. The molecular weight excluding hydrogens is 224 g/mol. The van der Waals surface area contributed by atoms with Crippen LogP contribution in [0.1, 0.15) is 49.3 Å². The Hall–Kier alpha value is -1.35. The van der Waals surface area contributed by atoms with Crippen LogP contribution in [0.3, 0.4) is 0 Å². The van der Waals surface area contributed by atoms with Gasteiger partial charge in [-0.3, -0.25) is 4.79 Å². The van der Waals surface area contributed by atoms with Crippen molar-refractivity contribution in [3.63, 3.8) is 0 Å². The number of rotatable bonds is 5. The van der Waals surface area contributed by atoms with Gasteiger partial charge in [0, 0.05) is 5.69 Å². The van der Waals surface area contributed by atoms with Gasteiger partial charge in [0.2, 0.25) is 5.91 Å². The molecule has 98 valence electrons. The third-order valence-corrected chi connectivity index (χ3v) is 3.72. The molecule has 1 aliphatic heterocycles. The van der Waals surface area contributed by atoms with Gasteiger partial charge >= 0.3 is 0 Å². The number of aryl methyl sites for hydroxylation is 2. The number of fused-ring (bicyclic) bond motifs is 1. The summed E-state index contributed by atoms with van der Waals surface area (Å²) in [5.41, 5.74) is 10.4. The van der Waals surface area contributed by atoms with E-state index in [9.17, 15) is 4.79 Å². The van der Waals surface area contributed by atoms with Crippen molar-refractivity contribution in [1.29, 1.82) is 0 Å². The molecule has 1 amide bonds. The topological polar surface area (TPSA) is 55.1 Å². The molecule has 0 spiro atoms. The molecule has 0 radical (unpaired) electrons. The number of hydrogen-bond acceptors (Lipinski definition) is 2. The Morgan fingerprint density at radius 2 is 2.11 bits per heavy atom. The van der Waals surface area contributed by atoms with Gasteiger partial charge in [-0.25, -0.2) is 0 Å². The minimum atomic E-state index is 0.0307. The van der Waals surface area contributed by atoms with Gasteiger partial charge in [-0.05, 0) is 48.9 Å². The number of nitrogens with one attached hydrogen (secondary N) is 1. The molecule has 3 nitrogen and oxygen atoms in total. The van der Waals surface area contributed by atoms with E-state index in [1.807, 2.05) is 0 Å². The Balaban J connectivity index is 2.43. The number of carbonyl (C=O) groups excluding carboxylic acids is 1. The fraction of sp³-hybridized carbons (Fsp3) is 0.533. The zero-order chi connectivity index (χ0) is 13.1. The van der Waals surface area contributed by atoms with Gasteiger partial charge in [-0.2, -0.15) is 0 Å². The second kappa shape index (κ2) is 5.53. The molecule has 1 unspecified atom stereocenters. The van der Waals surface area contributed by atoms with Crippen LogP contribution in [-0.4, -0.2) is 12.5 Å². The summed E-state index contributed by atoms with van der Waals surface area (Å²) >= 11 is 0. The first-order chi connectivity index (χ1) is 8.71. The molecule has 1 atom stereocenters. The maximum atomic E-state index is 12.0. The quantitative estimate of drug-likeness (QED) is 0.839. The fourth-order valence-corrected chi connectivity index (χ4v) is 2.67. The molecule has 0 bridgehead atoms. The predicted octanol–water partition coefficient (Wildman–Crippen LogP) is 2.59. The monoisotopic (exact) mass is 246 g/mol. The lowest BCUT2D eigenvalue weighted by molar-refractivity contribution is -0.117. The van der Waals surface area contributed by atoms with Crippen molar-refractivity contribution in [1.82, 2.24) is 0 Å². The molecule has 0 saturated carbocycles. The first kappa shape index (κ1) is 13.1. The fourth-order valence-electron chi connectivity index (χ4n) is 2.67. The van der Waals surface area contributed by atoms with Crippen LogP contribution >= 0.6 is 0 Å². The standard InChI is InChI=1S/C15H22N2O/c1-3-10-8-11(6-5-7-16)14-13(9-10)12(4-2)15(18)17-14/h8-9,12H,3-7,16H2,1-2H3,(H,17,18). The van der Waals surface area contributed by atoms with E-state index in [1.165, 1.54) is 16.7 Å². The van der Waals surface area contributed by atoms with Gasteiger partial charge in [0.25, 0.3) is 0 Å². The average molecular weight is 246 g/mol. The van der Waals surface area contributed by atoms with Gasteiger partial charge in [0.15, 0.2) is 0 Å². The minimum absolute atomic E-state index is 0.0307. The van der Waals surface area contributed by atoms with Gasteiger partial charge in [0.1, 0.15) is 0 Å². The van der Waals surface area contributed by atoms with Crippen LogP contribution in [0.4, 0.5) is 5.69 Å². The molecular formula is C15H22N2O. The minimum Gasteiger partial charge on any atom is -0.330 e. The van der Waals surface area contributed by atoms with Crippen LogP contribution in [0.15, 0.2) is 12.1 Å². The van der Waals surface area contributed by atoms with Crippen molar-refractivity contribution in [3.8, 4) is 0 Å². The lowest BCUT2D eigenvalue weighted by atomic mass is 9.92. The van der Waals surface area contributed by atoms with Crippen LogP contribution in [0.25, 0.3) is 0 Å². The van der Waals surface area contributed by atoms with E-state index in [0.29, 0.717) is 6.54 Å². The third kappa shape index (κ3) is 2.27. The summed E-state index contributed by atoms with van der Waals surface area (Å²) in [6.07, 6.45) is 3.78. The number of carbonyl (C=O) groups is 1. The maximum absolute atomic E-state index is 12.0. The second-order valence-electron chi connectivity index (χ2n) is 4.92. The summed E-state index contributed by atoms with van der Waals surface area (Å²) < 4.78 is 0. The van der Waals surface area contributed by atoms with E-state index in [4.69, 9.17) is 5.73 Å². The molecule has 1 heterocycles.